The van der Waals surface area contributed by atoms with Crippen LogP contribution in [0, 0.1) is 0 Å². The molecule has 0 spiro atoms. The normalized spacial score (nSPS) is 11.8. The molecule has 6 aromatic carbocycles. The van der Waals surface area contributed by atoms with E-state index >= 15 is 0 Å². The smallest absolute Gasteiger partial charge is 0.330 e. The van der Waals surface area contributed by atoms with Crippen LogP contribution in [0.4, 0.5) is 0 Å². The Morgan fingerprint density at radius 2 is 0.860 bits per heavy atom. The highest BCUT2D eigenvalue weighted by Crippen LogP contribution is 2.36. The molecule has 0 aliphatic heterocycles. The van der Waals surface area contributed by atoms with Crippen molar-refractivity contribution in [1.82, 2.24) is 0 Å². The molecule has 288 valence electrons. The van der Waals surface area contributed by atoms with Crippen LogP contribution in [-0.2, 0) is 25.5 Å². The lowest BCUT2D eigenvalue weighted by molar-refractivity contribution is -0.147. The lowest BCUT2D eigenvalue weighted by Crippen LogP contribution is -2.31. The van der Waals surface area contributed by atoms with Gasteiger partial charge in [0.25, 0.3) is 0 Å². The van der Waals surface area contributed by atoms with Gasteiger partial charge in [-0.25, -0.2) is 9.59 Å². The molecule has 0 saturated carbocycles. The van der Waals surface area contributed by atoms with E-state index in [-0.39, 0.29) is 26.4 Å². The van der Waals surface area contributed by atoms with E-state index in [1.54, 1.807) is 12.2 Å². The highest BCUT2D eigenvalue weighted by atomic mass is 16.6. The zero-order chi connectivity index (χ0) is 40.0. The van der Waals surface area contributed by atoms with Crippen LogP contribution in [0.2, 0.25) is 0 Å². The Kier molecular flexibility index (Phi) is 13.6. The second-order valence-corrected chi connectivity index (χ2v) is 13.0. The number of carbonyl (C=O) groups excluding carboxylic acids is 2. The summed E-state index contributed by atoms with van der Waals surface area (Å²) in [5.74, 6) is 1.28. The maximum atomic E-state index is 12.4. The number of fused-ring (bicyclic) bond motifs is 2. The minimum Gasteiger partial charge on any atom is -0.490 e. The molecule has 57 heavy (non-hydrogen) atoms. The first kappa shape index (κ1) is 39.6. The van der Waals surface area contributed by atoms with Crippen LogP contribution >= 0.6 is 0 Å². The standard InChI is InChI=1S/C49H44O8/c1-5-34-17-23-38(24-18-34)52-30-40(56-48(50)7-3)32-54-46-27-21-36-13-9-11-15-42(36)44(46)29-45-43-16-12-10-14-37(43)22-28-47(45)55-33-41(57-49(51)8-4)31-53-39-25-19-35(6-2)20-26-39/h5-28,40-41H,1-4,29-33H2. The molecule has 0 N–H and O–H groups in total. The molecule has 2 atom stereocenters. The van der Waals surface area contributed by atoms with Gasteiger partial charge in [-0.05, 0) is 69.1 Å². The maximum Gasteiger partial charge on any atom is 0.330 e. The lowest BCUT2D eigenvalue weighted by Gasteiger charge is -2.22. The molecule has 0 aromatic heterocycles. The fourth-order valence-corrected chi connectivity index (χ4v) is 6.24. The molecule has 0 fully saturated rings. The molecule has 0 aliphatic carbocycles. The second-order valence-electron chi connectivity index (χ2n) is 13.0. The number of rotatable bonds is 20. The second kappa shape index (κ2) is 19.5. The average Bonchev–Trinajstić information content (AvgIpc) is 3.26. The monoisotopic (exact) mass is 760 g/mol. The third-order valence-electron chi connectivity index (χ3n) is 9.20. The number of ether oxygens (including phenoxy) is 6. The number of hydrogen-bond donors (Lipinski definition) is 0. The topological polar surface area (TPSA) is 89.5 Å². The minimum absolute atomic E-state index is 0.0151. The number of benzene rings is 6. The van der Waals surface area contributed by atoms with Gasteiger partial charge in [-0.15, -0.1) is 0 Å². The van der Waals surface area contributed by atoms with Gasteiger partial charge in [-0.2, -0.15) is 0 Å². The van der Waals surface area contributed by atoms with Crippen LogP contribution in [0.3, 0.4) is 0 Å². The van der Waals surface area contributed by atoms with Crippen molar-refractivity contribution in [3.05, 3.63) is 182 Å². The molecular weight excluding hydrogens is 717 g/mol. The van der Waals surface area contributed by atoms with E-state index in [1.807, 2.05) is 109 Å². The van der Waals surface area contributed by atoms with Crippen LogP contribution < -0.4 is 18.9 Å². The van der Waals surface area contributed by atoms with Gasteiger partial charge in [0.1, 0.15) is 49.4 Å². The fraction of sp³-hybridized carbons (Fsp3) is 0.143. The molecule has 0 saturated heterocycles. The molecule has 0 amide bonds. The summed E-state index contributed by atoms with van der Waals surface area (Å²) in [6.07, 6.45) is 4.65. The Hall–Kier alpha value is -7.06. The van der Waals surface area contributed by atoms with Crippen molar-refractivity contribution in [2.24, 2.45) is 0 Å². The molecule has 0 heterocycles. The van der Waals surface area contributed by atoms with Crippen LogP contribution in [0.15, 0.2) is 160 Å². The van der Waals surface area contributed by atoms with Crippen LogP contribution in [0.5, 0.6) is 23.0 Å². The van der Waals surface area contributed by atoms with Gasteiger partial charge in [0.2, 0.25) is 0 Å². The Morgan fingerprint density at radius 3 is 1.25 bits per heavy atom. The summed E-state index contributed by atoms with van der Waals surface area (Å²) < 4.78 is 36.3. The molecule has 0 aliphatic rings. The number of esters is 2. The van der Waals surface area contributed by atoms with Crippen molar-refractivity contribution in [2.45, 2.75) is 18.6 Å². The zero-order valence-electron chi connectivity index (χ0n) is 31.6. The van der Waals surface area contributed by atoms with Gasteiger partial charge in [0.05, 0.1) is 0 Å². The third-order valence-corrected chi connectivity index (χ3v) is 9.20. The highest BCUT2D eigenvalue weighted by molar-refractivity contribution is 5.91. The van der Waals surface area contributed by atoms with E-state index in [4.69, 9.17) is 28.4 Å². The largest absolute Gasteiger partial charge is 0.490 e. The van der Waals surface area contributed by atoms with E-state index in [0.717, 1.165) is 56.0 Å². The summed E-state index contributed by atoms with van der Waals surface area (Å²) in [6.45, 7) is 14.8. The minimum atomic E-state index is -0.747. The van der Waals surface area contributed by atoms with E-state index in [1.165, 1.54) is 0 Å². The Bertz CT molecular complexity index is 2190. The van der Waals surface area contributed by atoms with Crippen molar-refractivity contribution < 1.29 is 38.0 Å². The van der Waals surface area contributed by atoms with E-state index in [9.17, 15) is 9.59 Å². The summed E-state index contributed by atoms with van der Waals surface area (Å²) in [7, 11) is 0. The first-order chi connectivity index (χ1) is 27.9. The molecule has 8 nitrogen and oxygen atoms in total. The van der Waals surface area contributed by atoms with Crippen LogP contribution in [0.1, 0.15) is 22.3 Å². The fourth-order valence-electron chi connectivity index (χ4n) is 6.24. The molecular formula is C49H44O8. The SMILES string of the molecule is C=CC(=O)OC(COc1ccc(C=C)cc1)COc1ccc2ccccc2c1Cc1c(OCC(COc2ccc(C=C)cc2)OC(=O)C=C)ccc2ccccc12. The van der Waals surface area contributed by atoms with Crippen LogP contribution in [-0.4, -0.2) is 50.6 Å². The molecule has 8 heteroatoms. The predicted octanol–water partition coefficient (Wildman–Crippen LogP) is 9.98. The quantitative estimate of drug-likeness (QED) is 0.0562. The summed E-state index contributed by atoms with van der Waals surface area (Å²) >= 11 is 0. The highest BCUT2D eigenvalue weighted by Gasteiger charge is 2.21. The van der Waals surface area contributed by atoms with E-state index in [0.29, 0.717) is 29.4 Å². The molecule has 0 bridgehead atoms. The molecule has 2 unspecified atom stereocenters. The van der Waals surface area contributed by atoms with Gasteiger partial charge in [-0.1, -0.05) is 123 Å². The third kappa shape index (κ3) is 10.6. The number of carbonyl (C=O) groups is 2. The van der Waals surface area contributed by atoms with Crippen molar-refractivity contribution in [2.75, 3.05) is 26.4 Å². The van der Waals surface area contributed by atoms with Gasteiger partial charge >= 0.3 is 11.9 Å². The Labute approximate surface area is 332 Å². The van der Waals surface area contributed by atoms with Gasteiger partial charge in [0.15, 0.2) is 12.2 Å². The first-order valence-corrected chi connectivity index (χ1v) is 18.5. The summed E-state index contributed by atoms with van der Waals surface area (Å²) in [4.78, 5) is 24.8. The summed E-state index contributed by atoms with van der Waals surface area (Å²) in [5.41, 5.74) is 3.73. The lowest BCUT2D eigenvalue weighted by atomic mass is 9.93. The molecule has 6 rings (SSSR count). The van der Waals surface area contributed by atoms with Crippen molar-refractivity contribution in [1.29, 1.82) is 0 Å². The molecule has 6 aromatic rings. The first-order valence-electron chi connectivity index (χ1n) is 18.5. The van der Waals surface area contributed by atoms with Gasteiger partial charge in [0, 0.05) is 29.7 Å². The van der Waals surface area contributed by atoms with E-state index < -0.39 is 24.1 Å². The number of hydrogen-bond acceptors (Lipinski definition) is 8. The Balaban J connectivity index is 1.28. The summed E-state index contributed by atoms with van der Waals surface area (Å²) in [5, 5.41) is 4.03. The summed E-state index contributed by atoms with van der Waals surface area (Å²) in [6, 6.07) is 38.9. The maximum absolute atomic E-state index is 12.4. The van der Waals surface area contributed by atoms with Gasteiger partial charge in [-0.3, -0.25) is 0 Å². The Morgan fingerprint density at radius 1 is 0.474 bits per heavy atom. The van der Waals surface area contributed by atoms with Crippen molar-refractivity contribution >= 4 is 45.6 Å². The average molecular weight is 761 g/mol. The molecule has 0 radical (unpaired) electrons. The zero-order valence-corrected chi connectivity index (χ0v) is 31.6. The van der Waals surface area contributed by atoms with Gasteiger partial charge < -0.3 is 28.4 Å². The van der Waals surface area contributed by atoms with Crippen molar-refractivity contribution in [3.63, 3.8) is 0 Å². The van der Waals surface area contributed by atoms with E-state index in [2.05, 4.69) is 38.4 Å². The van der Waals surface area contributed by atoms with Crippen LogP contribution in [0.25, 0.3) is 33.7 Å². The predicted molar refractivity (Wildman–Crippen MR) is 226 cm³/mol. The van der Waals surface area contributed by atoms with Crippen molar-refractivity contribution in [3.8, 4) is 23.0 Å².